The monoisotopic (exact) mass is 160 g/mol. The van der Waals surface area contributed by atoms with Crippen molar-refractivity contribution in [3.8, 4) is 0 Å². The van der Waals surface area contributed by atoms with E-state index in [4.69, 9.17) is 4.74 Å². The van der Waals surface area contributed by atoms with Gasteiger partial charge in [0.15, 0.2) is 6.10 Å². The van der Waals surface area contributed by atoms with Gasteiger partial charge in [-0.15, -0.1) is 0 Å². The van der Waals surface area contributed by atoms with Gasteiger partial charge in [0.2, 0.25) is 0 Å². The molecule has 64 valence electrons. The molecule has 0 rings (SSSR count). The molecule has 0 N–H and O–H groups in total. The zero-order valence-electron chi connectivity index (χ0n) is 6.92. The lowest BCUT2D eigenvalue weighted by Crippen LogP contribution is -2.24. The van der Waals surface area contributed by atoms with Gasteiger partial charge in [0, 0.05) is 13.5 Å². The van der Waals surface area contributed by atoms with Crippen LogP contribution in [0.25, 0.3) is 0 Å². The summed E-state index contributed by atoms with van der Waals surface area (Å²) in [6.07, 6.45) is -0.663. The average molecular weight is 160 g/mol. The molecule has 0 spiro atoms. The number of hydrogen-bond acceptors (Lipinski definition) is 4. The summed E-state index contributed by atoms with van der Waals surface area (Å²) in [6, 6.07) is 0. The van der Waals surface area contributed by atoms with E-state index in [9.17, 15) is 9.59 Å². The second kappa shape index (κ2) is 4.85. The van der Waals surface area contributed by atoms with Crippen LogP contribution in [-0.4, -0.2) is 24.6 Å². The minimum atomic E-state index is -0.663. The van der Waals surface area contributed by atoms with Crippen molar-refractivity contribution in [3.05, 3.63) is 0 Å². The van der Waals surface area contributed by atoms with Crippen molar-refractivity contribution >= 4 is 11.9 Å². The predicted octanol–water partition coefficient (Wildman–Crippen LogP) is 0.501. The van der Waals surface area contributed by atoms with E-state index in [1.165, 1.54) is 13.8 Å². The Labute approximate surface area is 65.5 Å². The smallest absolute Gasteiger partial charge is 0.342 e. The molecular weight excluding hydrogens is 148 g/mol. The van der Waals surface area contributed by atoms with Crippen molar-refractivity contribution in [2.75, 3.05) is 6.61 Å². The molecule has 0 saturated carbocycles. The number of esters is 2. The van der Waals surface area contributed by atoms with Gasteiger partial charge in [0.25, 0.3) is 0 Å². The van der Waals surface area contributed by atoms with Crippen LogP contribution in [0, 0.1) is 0 Å². The molecule has 0 bridgehead atoms. The molecule has 0 fully saturated rings. The molecule has 0 aromatic heterocycles. The lowest BCUT2D eigenvalue weighted by atomic mass is 10.4. The van der Waals surface area contributed by atoms with Gasteiger partial charge < -0.3 is 9.47 Å². The van der Waals surface area contributed by atoms with Crippen LogP contribution < -0.4 is 0 Å². The summed E-state index contributed by atoms with van der Waals surface area (Å²) in [6.45, 7) is 4.90. The quantitative estimate of drug-likeness (QED) is 0.445. The van der Waals surface area contributed by atoms with Gasteiger partial charge in [-0.2, -0.15) is 0 Å². The van der Waals surface area contributed by atoms with Gasteiger partial charge in [-0.1, -0.05) is 0 Å². The van der Waals surface area contributed by atoms with Crippen LogP contribution in [-0.2, 0) is 19.1 Å². The Hall–Kier alpha value is -0.900. The molecule has 4 heteroatoms. The lowest BCUT2D eigenvalue weighted by Gasteiger charge is -2.07. The molecule has 0 aromatic carbocycles. The van der Waals surface area contributed by atoms with Crippen molar-refractivity contribution < 1.29 is 19.1 Å². The first kappa shape index (κ1) is 10.1. The SMILES string of the molecule is CCOC(C)C(=O)OC(C)=O. The molecule has 0 amide bonds. The molecule has 0 aliphatic carbocycles. The molecule has 0 radical (unpaired) electrons. The summed E-state index contributed by atoms with van der Waals surface area (Å²) in [5.74, 6) is -1.25. The zero-order valence-corrected chi connectivity index (χ0v) is 6.92. The third-order valence-corrected chi connectivity index (χ3v) is 0.993. The van der Waals surface area contributed by atoms with E-state index < -0.39 is 18.0 Å². The van der Waals surface area contributed by atoms with E-state index in [-0.39, 0.29) is 0 Å². The van der Waals surface area contributed by atoms with E-state index in [0.717, 1.165) is 0 Å². The standard InChI is InChI=1S/C7H12O4/c1-4-10-5(2)7(9)11-6(3)8/h5H,4H2,1-3H3. The zero-order chi connectivity index (χ0) is 8.85. The van der Waals surface area contributed by atoms with Crippen LogP contribution in [0.4, 0.5) is 0 Å². The van der Waals surface area contributed by atoms with Gasteiger partial charge in [0.05, 0.1) is 0 Å². The fourth-order valence-electron chi connectivity index (χ4n) is 0.543. The molecule has 1 atom stereocenters. The third kappa shape index (κ3) is 4.50. The first-order chi connectivity index (χ1) is 5.07. The Bertz CT molecular complexity index is 153. The largest absolute Gasteiger partial charge is 0.391 e. The normalized spacial score (nSPS) is 12.3. The summed E-state index contributed by atoms with van der Waals surface area (Å²) in [5.41, 5.74) is 0. The summed E-state index contributed by atoms with van der Waals surface area (Å²) in [5, 5.41) is 0. The van der Waals surface area contributed by atoms with Gasteiger partial charge in [-0.3, -0.25) is 4.79 Å². The van der Waals surface area contributed by atoms with Gasteiger partial charge in [-0.05, 0) is 13.8 Å². The molecule has 4 nitrogen and oxygen atoms in total. The van der Waals surface area contributed by atoms with E-state index in [1.54, 1.807) is 6.92 Å². The number of rotatable bonds is 3. The highest BCUT2D eigenvalue weighted by atomic mass is 16.6. The van der Waals surface area contributed by atoms with E-state index in [2.05, 4.69) is 4.74 Å². The van der Waals surface area contributed by atoms with Gasteiger partial charge in [0.1, 0.15) is 0 Å². The Morgan fingerprint density at radius 3 is 2.36 bits per heavy atom. The summed E-state index contributed by atoms with van der Waals surface area (Å²) in [4.78, 5) is 21.0. The summed E-state index contributed by atoms with van der Waals surface area (Å²) < 4.78 is 9.14. The second-order valence-electron chi connectivity index (χ2n) is 2.01. The van der Waals surface area contributed by atoms with Crippen LogP contribution in [0.3, 0.4) is 0 Å². The maximum atomic E-state index is 10.8. The maximum absolute atomic E-state index is 10.8. The topological polar surface area (TPSA) is 52.6 Å². The van der Waals surface area contributed by atoms with E-state index >= 15 is 0 Å². The van der Waals surface area contributed by atoms with Crippen LogP contribution in [0.1, 0.15) is 20.8 Å². The lowest BCUT2D eigenvalue weighted by molar-refractivity contribution is -0.165. The highest BCUT2D eigenvalue weighted by Crippen LogP contribution is 1.94. The number of ether oxygens (including phenoxy) is 2. The van der Waals surface area contributed by atoms with Gasteiger partial charge >= 0.3 is 11.9 Å². The van der Waals surface area contributed by atoms with Gasteiger partial charge in [-0.25, -0.2) is 4.79 Å². The number of carbonyl (C=O) groups excluding carboxylic acids is 2. The fraction of sp³-hybridized carbons (Fsp3) is 0.714. The minimum Gasteiger partial charge on any atom is -0.391 e. The molecule has 0 heterocycles. The van der Waals surface area contributed by atoms with Crippen LogP contribution in [0.5, 0.6) is 0 Å². The van der Waals surface area contributed by atoms with Crippen molar-refractivity contribution in [2.45, 2.75) is 26.9 Å². The summed E-state index contributed by atoms with van der Waals surface area (Å²) in [7, 11) is 0. The molecule has 0 saturated heterocycles. The van der Waals surface area contributed by atoms with E-state index in [1.807, 2.05) is 0 Å². The number of carbonyl (C=O) groups is 2. The highest BCUT2D eigenvalue weighted by molar-refractivity contribution is 5.86. The Morgan fingerprint density at radius 2 is 2.00 bits per heavy atom. The molecule has 1 unspecified atom stereocenters. The minimum absolute atomic E-state index is 0.425. The molecule has 0 aromatic rings. The third-order valence-electron chi connectivity index (χ3n) is 0.993. The Morgan fingerprint density at radius 1 is 1.45 bits per heavy atom. The molecule has 0 aliphatic heterocycles. The first-order valence-electron chi connectivity index (χ1n) is 3.41. The molecule has 0 aliphatic rings. The Kier molecular flexibility index (Phi) is 4.45. The van der Waals surface area contributed by atoms with E-state index in [0.29, 0.717) is 6.61 Å². The summed E-state index contributed by atoms with van der Waals surface area (Å²) >= 11 is 0. The van der Waals surface area contributed by atoms with Crippen LogP contribution in [0.15, 0.2) is 0 Å². The second-order valence-corrected chi connectivity index (χ2v) is 2.01. The highest BCUT2D eigenvalue weighted by Gasteiger charge is 2.15. The van der Waals surface area contributed by atoms with Crippen molar-refractivity contribution in [2.24, 2.45) is 0 Å². The average Bonchev–Trinajstić information content (AvgIpc) is 1.86. The van der Waals surface area contributed by atoms with Crippen molar-refractivity contribution in [1.82, 2.24) is 0 Å². The Balaban J connectivity index is 3.73. The molecular formula is C7H12O4. The fourth-order valence-corrected chi connectivity index (χ4v) is 0.543. The van der Waals surface area contributed by atoms with Crippen LogP contribution in [0.2, 0.25) is 0 Å². The molecule has 11 heavy (non-hydrogen) atoms. The van der Waals surface area contributed by atoms with Crippen molar-refractivity contribution in [3.63, 3.8) is 0 Å². The number of hydrogen-bond donors (Lipinski definition) is 0. The van der Waals surface area contributed by atoms with Crippen molar-refractivity contribution in [1.29, 1.82) is 0 Å². The van der Waals surface area contributed by atoms with Crippen LogP contribution >= 0.6 is 0 Å². The first-order valence-corrected chi connectivity index (χ1v) is 3.41. The maximum Gasteiger partial charge on any atom is 0.342 e. The predicted molar refractivity (Wildman–Crippen MR) is 37.9 cm³/mol.